The van der Waals surface area contributed by atoms with Gasteiger partial charge in [-0.3, -0.25) is 9.69 Å². The Morgan fingerprint density at radius 1 is 1.10 bits per heavy atom. The molecule has 1 aromatic heterocycles. The number of hydrogen-bond acceptors (Lipinski definition) is 6. The molecule has 30 heavy (non-hydrogen) atoms. The fourth-order valence-electron chi connectivity index (χ4n) is 3.28. The Kier molecular flexibility index (Phi) is 6.46. The molecule has 0 atom stereocenters. The summed E-state index contributed by atoms with van der Waals surface area (Å²) in [5.41, 5.74) is 1.79. The molecule has 1 fully saturated rings. The Bertz CT molecular complexity index is 984. The van der Waals surface area contributed by atoms with Gasteiger partial charge in [0.2, 0.25) is 5.82 Å². The van der Waals surface area contributed by atoms with Gasteiger partial charge in [-0.2, -0.15) is 4.98 Å². The molecule has 4 rings (SSSR count). The number of rotatable bonds is 7. The molecule has 1 amide bonds. The van der Waals surface area contributed by atoms with Gasteiger partial charge in [0.1, 0.15) is 5.82 Å². The van der Waals surface area contributed by atoms with Gasteiger partial charge in [0.25, 0.3) is 11.8 Å². The van der Waals surface area contributed by atoms with Gasteiger partial charge in [0, 0.05) is 36.3 Å². The van der Waals surface area contributed by atoms with Crippen molar-refractivity contribution in [2.75, 3.05) is 39.4 Å². The fraction of sp³-hybridized carbons (Fsp3) is 0.318. The number of aromatic nitrogens is 2. The number of carbonyl (C=O) groups excluding carboxylic acids is 1. The third kappa shape index (κ3) is 5.08. The average molecular weight is 410 g/mol. The topological polar surface area (TPSA) is 80.5 Å². The molecule has 1 aliphatic heterocycles. The van der Waals surface area contributed by atoms with Gasteiger partial charge < -0.3 is 14.6 Å². The van der Waals surface area contributed by atoms with Gasteiger partial charge in [-0.25, -0.2) is 4.39 Å². The first-order valence-corrected chi connectivity index (χ1v) is 9.97. The molecule has 0 aliphatic carbocycles. The van der Waals surface area contributed by atoms with Gasteiger partial charge in [-0.15, -0.1) is 0 Å². The number of morpholine rings is 1. The van der Waals surface area contributed by atoms with Crippen LogP contribution in [0.4, 0.5) is 4.39 Å². The van der Waals surface area contributed by atoms with Crippen LogP contribution < -0.4 is 5.32 Å². The van der Waals surface area contributed by atoms with E-state index in [0.717, 1.165) is 39.3 Å². The van der Waals surface area contributed by atoms with Crippen LogP contribution in [-0.4, -0.2) is 60.3 Å². The molecule has 3 aromatic rings. The van der Waals surface area contributed by atoms with Crippen LogP contribution in [0.5, 0.6) is 0 Å². The van der Waals surface area contributed by atoms with Crippen molar-refractivity contribution in [3.63, 3.8) is 0 Å². The van der Waals surface area contributed by atoms with E-state index in [9.17, 15) is 9.18 Å². The molecule has 1 N–H and O–H groups in total. The summed E-state index contributed by atoms with van der Waals surface area (Å²) in [5.74, 6) is 0.145. The van der Waals surface area contributed by atoms with E-state index in [2.05, 4.69) is 20.4 Å². The normalized spacial score (nSPS) is 14.6. The van der Waals surface area contributed by atoms with Crippen molar-refractivity contribution in [1.82, 2.24) is 20.4 Å². The molecular formula is C22H23FN4O3. The first-order valence-electron chi connectivity index (χ1n) is 9.97. The first-order chi connectivity index (χ1) is 14.7. The molecule has 2 heterocycles. The molecular weight excluding hydrogens is 387 g/mol. The highest BCUT2D eigenvalue weighted by atomic mass is 19.1. The number of ether oxygens (including phenoxy) is 1. The minimum atomic E-state index is -0.362. The van der Waals surface area contributed by atoms with Gasteiger partial charge in [0.05, 0.1) is 13.2 Å². The Hall–Kier alpha value is -3.10. The summed E-state index contributed by atoms with van der Waals surface area (Å²) in [6, 6.07) is 13.0. The fourth-order valence-corrected chi connectivity index (χ4v) is 3.28. The van der Waals surface area contributed by atoms with Crippen LogP contribution in [0.1, 0.15) is 16.8 Å². The van der Waals surface area contributed by atoms with E-state index in [1.54, 1.807) is 36.4 Å². The lowest BCUT2D eigenvalue weighted by atomic mass is 10.1. The quantitative estimate of drug-likeness (QED) is 0.603. The number of carbonyl (C=O) groups is 1. The van der Waals surface area contributed by atoms with Gasteiger partial charge in [-0.1, -0.05) is 17.3 Å². The van der Waals surface area contributed by atoms with Crippen LogP contribution in [0.2, 0.25) is 0 Å². The molecule has 0 saturated carbocycles. The molecule has 0 unspecified atom stereocenters. The van der Waals surface area contributed by atoms with Crippen molar-refractivity contribution in [1.29, 1.82) is 0 Å². The van der Waals surface area contributed by atoms with E-state index in [-0.39, 0.29) is 11.7 Å². The number of benzene rings is 2. The average Bonchev–Trinajstić information content (AvgIpc) is 3.28. The molecule has 7 nitrogen and oxygen atoms in total. The van der Waals surface area contributed by atoms with Crippen molar-refractivity contribution in [3.05, 3.63) is 59.9 Å². The number of amides is 1. The van der Waals surface area contributed by atoms with Crippen LogP contribution in [-0.2, 0) is 4.74 Å². The minimum absolute atomic E-state index is 0.116. The SMILES string of the molecule is O=C(NCCCN1CCOCC1)c1ccc(-c2nc(-c3cccc(F)c3)no2)cc1. The maximum Gasteiger partial charge on any atom is 0.258 e. The molecule has 1 saturated heterocycles. The monoisotopic (exact) mass is 410 g/mol. The van der Waals surface area contributed by atoms with Crippen molar-refractivity contribution in [2.24, 2.45) is 0 Å². The van der Waals surface area contributed by atoms with Gasteiger partial charge >= 0.3 is 0 Å². The highest BCUT2D eigenvalue weighted by molar-refractivity contribution is 5.94. The Balaban J connectivity index is 1.31. The molecule has 0 radical (unpaired) electrons. The van der Waals surface area contributed by atoms with E-state index in [1.807, 2.05) is 0 Å². The van der Waals surface area contributed by atoms with Crippen LogP contribution in [0.15, 0.2) is 53.1 Å². The second-order valence-electron chi connectivity index (χ2n) is 7.07. The summed E-state index contributed by atoms with van der Waals surface area (Å²) in [4.78, 5) is 19.0. The molecule has 1 aliphatic rings. The largest absolute Gasteiger partial charge is 0.379 e. The molecule has 2 aromatic carbocycles. The van der Waals surface area contributed by atoms with E-state index in [0.29, 0.717) is 35.0 Å². The predicted molar refractivity (Wildman–Crippen MR) is 109 cm³/mol. The van der Waals surface area contributed by atoms with Crippen LogP contribution in [0.25, 0.3) is 22.8 Å². The molecule has 0 bridgehead atoms. The predicted octanol–water partition coefficient (Wildman–Crippen LogP) is 2.99. The summed E-state index contributed by atoms with van der Waals surface area (Å²) in [5, 5.41) is 6.85. The third-order valence-corrected chi connectivity index (χ3v) is 4.94. The summed E-state index contributed by atoms with van der Waals surface area (Å²) < 4.78 is 24.0. The van der Waals surface area contributed by atoms with Crippen LogP contribution in [0.3, 0.4) is 0 Å². The van der Waals surface area contributed by atoms with E-state index >= 15 is 0 Å². The first kappa shape index (κ1) is 20.2. The number of nitrogens with zero attached hydrogens (tertiary/aromatic N) is 3. The zero-order valence-corrected chi connectivity index (χ0v) is 16.5. The Morgan fingerprint density at radius 3 is 2.67 bits per heavy atom. The van der Waals surface area contributed by atoms with Crippen molar-refractivity contribution >= 4 is 5.91 Å². The van der Waals surface area contributed by atoms with Crippen molar-refractivity contribution < 1.29 is 18.4 Å². The maximum absolute atomic E-state index is 13.4. The zero-order valence-electron chi connectivity index (χ0n) is 16.5. The highest BCUT2D eigenvalue weighted by Gasteiger charge is 2.13. The molecule has 156 valence electrons. The summed E-state index contributed by atoms with van der Waals surface area (Å²) in [6.07, 6.45) is 0.897. The standard InChI is InChI=1S/C22H23FN4O3/c23-19-4-1-3-18(15-19)20-25-22(30-26-20)17-7-5-16(6-8-17)21(28)24-9-2-10-27-11-13-29-14-12-27/h1,3-8,15H,2,9-14H2,(H,24,28). The maximum atomic E-state index is 13.4. The Morgan fingerprint density at radius 2 is 1.90 bits per heavy atom. The van der Waals surface area contributed by atoms with E-state index in [1.165, 1.54) is 12.1 Å². The van der Waals surface area contributed by atoms with Crippen molar-refractivity contribution in [3.8, 4) is 22.8 Å². The number of halogens is 1. The van der Waals surface area contributed by atoms with E-state index in [4.69, 9.17) is 9.26 Å². The summed E-state index contributed by atoms with van der Waals surface area (Å²) in [7, 11) is 0. The van der Waals surface area contributed by atoms with Gasteiger partial charge in [-0.05, 0) is 49.4 Å². The smallest absolute Gasteiger partial charge is 0.258 e. The number of hydrogen-bond donors (Lipinski definition) is 1. The minimum Gasteiger partial charge on any atom is -0.379 e. The summed E-state index contributed by atoms with van der Waals surface area (Å²) >= 11 is 0. The summed E-state index contributed by atoms with van der Waals surface area (Å²) in [6.45, 7) is 5.04. The molecule has 8 heteroatoms. The van der Waals surface area contributed by atoms with Crippen molar-refractivity contribution in [2.45, 2.75) is 6.42 Å². The molecule has 0 spiro atoms. The van der Waals surface area contributed by atoms with Crippen LogP contribution in [0, 0.1) is 5.82 Å². The van der Waals surface area contributed by atoms with E-state index < -0.39 is 0 Å². The van der Waals surface area contributed by atoms with Crippen LogP contribution >= 0.6 is 0 Å². The van der Waals surface area contributed by atoms with Gasteiger partial charge in [0.15, 0.2) is 0 Å². The lowest BCUT2D eigenvalue weighted by molar-refractivity contribution is 0.0374. The lowest BCUT2D eigenvalue weighted by Gasteiger charge is -2.26. The lowest BCUT2D eigenvalue weighted by Crippen LogP contribution is -2.38. The number of nitrogens with one attached hydrogen (secondary N) is 1. The zero-order chi connectivity index (χ0) is 20.8. The second-order valence-corrected chi connectivity index (χ2v) is 7.07. The Labute approximate surface area is 173 Å². The highest BCUT2D eigenvalue weighted by Crippen LogP contribution is 2.23. The second kappa shape index (κ2) is 9.60. The third-order valence-electron chi connectivity index (χ3n) is 4.94.